The van der Waals surface area contributed by atoms with Crippen LogP contribution < -0.4 is 4.90 Å². The third-order valence-corrected chi connectivity index (χ3v) is 2.66. The van der Waals surface area contributed by atoms with E-state index in [1.165, 1.54) is 5.56 Å². The number of nitrogens with zero attached hydrogens (tertiary/aromatic N) is 1. The van der Waals surface area contributed by atoms with Crippen molar-refractivity contribution in [2.24, 2.45) is 0 Å². The third-order valence-electron chi connectivity index (χ3n) is 2.66. The minimum absolute atomic E-state index is 0.260. The molecule has 0 fully saturated rings. The zero-order chi connectivity index (χ0) is 12.5. The highest BCUT2D eigenvalue weighted by atomic mass is 16.6. The molecule has 3 heteroatoms. The fourth-order valence-corrected chi connectivity index (χ4v) is 1.98. The van der Waals surface area contributed by atoms with Crippen molar-refractivity contribution in [3.63, 3.8) is 0 Å². The van der Waals surface area contributed by atoms with E-state index >= 15 is 0 Å². The summed E-state index contributed by atoms with van der Waals surface area (Å²) in [4.78, 5) is 13.8. The number of aryl methyl sites for hydroxylation is 1. The van der Waals surface area contributed by atoms with Gasteiger partial charge in [0.05, 0.1) is 5.69 Å². The first-order valence-corrected chi connectivity index (χ1v) is 5.97. The number of carbonyl (C=O) groups is 1. The van der Waals surface area contributed by atoms with Crippen LogP contribution in [0.25, 0.3) is 0 Å². The van der Waals surface area contributed by atoms with Gasteiger partial charge in [-0.15, -0.1) is 0 Å². The molecule has 0 N–H and O–H groups in total. The number of fused-ring (bicyclic) bond motifs is 1. The van der Waals surface area contributed by atoms with Gasteiger partial charge in [-0.25, -0.2) is 4.79 Å². The molecule has 0 aromatic heterocycles. The van der Waals surface area contributed by atoms with E-state index in [1.807, 2.05) is 39.0 Å². The molecule has 1 aromatic rings. The molecule has 91 valence electrons. The zero-order valence-corrected chi connectivity index (χ0v) is 10.6. The van der Waals surface area contributed by atoms with Crippen molar-refractivity contribution in [2.45, 2.75) is 39.2 Å². The lowest BCUT2D eigenvalue weighted by molar-refractivity contribution is 0.0578. The molecule has 0 bridgehead atoms. The Balaban J connectivity index is 2.21. The largest absolute Gasteiger partial charge is 0.443 e. The van der Waals surface area contributed by atoms with Gasteiger partial charge in [0, 0.05) is 6.54 Å². The molecule has 0 saturated carbocycles. The number of rotatable bonds is 0. The molecular formula is C14H18NO2. The number of hydrogen-bond acceptors (Lipinski definition) is 2. The normalized spacial score (nSPS) is 15.4. The zero-order valence-electron chi connectivity index (χ0n) is 10.6. The molecule has 1 heterocycles. The highest BCUT2D eigenvalue weighted by Crippen LogP contribution is 2.27. The second-order valence-electron chi connectivity index (χ2n) is 5.29. The Morgan fingerprint density at radius 3 is 2.94 bits per heavy atom. The molecule has 1 radical (unpaired) electrons. The van der Waals surface area contributed by atoms with E-state index in [2.05, 4.69) is 6.07 Å². The fourth-order valence-electron chi connectivity index (χ4n) is 1.98. The highest BCUT2D eigenvalue weighted by Gasteiger charge is 2.26. The van der Waals surface area contributed by atoms with Gasteiger partial charge in [-0.1, -0.05) is 6.07 Å². The van der Waals surface area contributed by atoms with E-state index < -0.39 is 5.60 Å². The first-order valence-electron chi connectivity index (χ1n) is 5.97. The lowest BCUT2D eigenvalue weighted by atomic mass is 10.0. The van der Waals surface area contributed by atoms with E-state index in [0.29, 0.717) is 0 Å². The summed E-state index contributed by atoms with van der Waals surface area (Å²) < 4.78 is 5.41. The summed E-state index contributed by atoms with van der Waals surface area (Å²) in [7, 11) is 0. The van der Waals surface area contributed by atoms with Gasteiger partial charge < -0.3 is 4.74 Å². The molecule has 2 rings (SSSR count). The number of hydrogen-bond donors (Lipinski definition) is 0. The van der Waals surface area contributed by atoms with Gasteiger partial charge >= 0.3 is 6.09 Å². The molecule has 1 aliphatic rings. The molecule has 0 spiro atoms. The number of ether oxygens (including phenoxy) is 1. The Hall–Kier alpha value is -1.51. The quantitative estimate of drug-likeness (QED) is 0.687. The second kappa shape index (κ2) is 4.40. The molecule has 3 nitrogen and oxygen atoms in total. The van der Waals surface area contributed by atoms with Crippen LogP contribution in [0.5, 0.6) is 0 Å². The maximum atomic E-state index is 12.1. The van der Waals surface area contributed by atoms with Crippen LogP contribution in [0, 0.1) is 6.07 Å². The van der Waals surface area contributed by atoms with Crippen LogP contribution >= 0.6 is 0 Å². The van der Waals surface area contributed by atoms with Gasteiger partial charge in [0.25, 0.3) is 0 Å². The van der Waals surface area contributed by atoms with Crippen LogP contribution in [0.4, 0.5) is 10.5 Å². The van der Waals surface area contributed by atoms with Crippen molar-refractivity contribution in [3.8, 4) is 0 Å². The average molecular weight is 232 g/mol. The Morgan fingerprint density at radius 2 is 2.24 bits per heavy atom. The van der Waals surface area contributed by atoms with Crippen LogP contribution in [0.1, 0.15) is 32.8 Å². The topological polar surface area (TPSA) is 29.5 Å². The minimum atomic E-state index is -0.449. The Morgan fingerprint density at radius 1 is 1.47 bits per heavy atom. The monoisotopic (exact) mass is 232 g/mol. The summed E-state index contributed by atoms with van der Waals surface area (Å²) in [6.45, 7) is 6.38. The molecule has 0 aliphatic carbocycles. The highest BCUT2D eigenvalue weighted by molar-refractivity contribution is 5.89. The second-order valence-corrected chi connectivity index (χ2v) is 5.29. The minimum Gasteiger partial charge on any atom is -0.443 e. The van der Waals surface area contributed by atoms with Crippen molar-refractivity contribution in [1.82, 2.24) is 0 Å². The summed E-state index contributed by atoms with van der Waals surface area (Å²) in [6.07, 6.45) is 1.72. The smallest absolute Gasteiger partial charge is 0.414 e. The van der Waals surface area contributed by atoms with Crippen LogP contribution in [-0.2, 0) is 11.2 Å². The lowest BCUT2D eigenvalue weighted by Gasteiger charge is -2.31. The number of carbonyl (C=O) groups excluding carboxylic acids is 1. The molecule has 0 atom stereocenters. The van der Waals surface area contributed by atoms with Gasteiger partial charge in [0.1, 0.15) is 5.60 Å². The maximum Gasteiger partial charge on any atom is 0.414 e. The summed E-state index contributed by atoms with van der Waals surface area (Å²) in [5.74, 6) is 0. The van der Waals surface area contributed by atoms with Crippen molar-refractivity contribution in [3.05, 3.63) is 29.8 Å². The van der Waals surface area contributed by atoms with E-state index in [-0.39, 0.29) is 6.09 Å². The average Bonchev–Trinajstić information content (AvgIpc) is 2.26. The summed E-state index contributed by atoms with van der Waals surface area (Å²) in [5, 5.41) is 0. The molecule has 1 amide bonds. The van der Waals surface area contributed by atoms with E-state index in [9.17, 15) is 4.79 Å². The van der Waals surface area contributed by atoms with Gasteiger partial charge in [-0.05, 0) is 57.4 Å². The molecular weight excluding hydrogens is 214 g/mol. The standard InChI is InChI=1S/C14H18NO2/c1-14(2,3)17-13(16)15-10-6-8-11-7-4-5-9-12(11)15/h5,7,9H,6,8,10H2,1-3H3. The van der Waals surface area contributed by atoms with Crippen molar-refractivity contribution in [1.29, 1.82) is 0 Å². The van der Waals surface area contributed by atoms with Crippen LogP contribution in [0.3, 0.4) is 0 Å². The Bertz CT molecular complexity index is 420. The summed E-state index contributed by atoms with van der Waals surface area (Å²) >= 11 is 0. The molecule has 1 aromatic carbocycles. The molecule has 17 heavy (non-hydrogen) atoms. The summed E-state index contributed by atoms with van der Waals surface area (Å²) in [6, 6.07) is 8.76. The number of amides is 1. The van der Waals surface area contributed by atoms with Crippen LogP contribution in [0.15, 0.2) is 18.2 Å². The Labute approximate surface area is 102 Å². The predicted octanol–water partition coefficient (Wildman–Crippen LogP) is 3.17. The molecule has 0 unspecified atom stereocenters. The third kappa shape index (κ3) is 2.78. The van der Waals surface area contributed by atoms with Crippen LogP contribution in [-0.4, -0.2) is 18.2 Å². The van der Waals surface area contributed by atoms with E-state index in [0.717, 1.165) is 25.1 Å². The van der Waals surface area contributed by atoms with Crippen molar-refractivity contribution < 1.29 is 9.53 Å². The van der Waals surface area contributed by atoms with Gasteiger partial charge in [-0.2, -0.15) is 0 Å². The predicted molar refractivity (Wildman–Crippen MR) is 67.2 cm³/mol. The van der Waals surface area contributed by atoms with Gasteiger partial charge in [0.2, 0.25) is 0 Å². The van der Waals surface area contributed by atoms with Crippen molar-refractivity contribution >= 4 is 11.8 Å². The van der Waals surface area contributed by atoms with Crippen molar-refractivity contribution in [2.75, 3.05) is 11.4 Å². The summed E-state index contributed by atoms with van der Waals surface area (Å²) in [5.41, 5.74) is 1.68. The Kier molecular flexibility index (Phi) is 3.09. The number of anilines is 1. The fraction of sp³-hybridized carbons (Fsp3) is 0.500. The maximum absolute atomic E-state index is 12.1. The lowest BCUT2D eigenvalue weighted by Crippen LogP contribution is -2.39. The molecule has 0 saturated heterocycles. The van der Waals surface area contributed by atoms with Gasteiger partial charge in [0.15, 0.2) is 0 Å². The SMILES string of the molecule is CC(C)(C)OC(=O)N1CCCc2c[c]ccc21. The molecule has 1 aliphatic heterocycles. The first-order chi connectivity index (χ1) is 7.97. The van der Waals surface area contributed by atoms with E-state index in [4.69, 9.17) is 4.74 Å². The van der Waals surface area contributed by atoms with Crippen LogP contribution in [0.2, 0.25) is 0 Å². The van der Waals surface area contributed by atoms with E-state index in [1.54, 1.807) is 4.90 Å². The van der Waals surface area contributed by atoms with Gasteiger partial charge in [-0.3, -0.25) is 4.90 Å². The first kappa shape index (κ1) is 12.0. The number of benzene rings is 1.